The van der Waals surface area contributed by atoms with Crippen LogP contribution in [-0.2, 0) is 29.1 Å². The van der Waals surface area contributed by atoms with Gasteiger partial charge in [-0.3, -0.25) is 19.4 Å². The Morgan fingerprint density at radius 3 is 2.82 bits per heavy atom. The van der Waals surface area contributed by atoms with Crippen LogP contribution in [0.25, 0.3) is 0 Å². The Morgan fingerprint density at radius 1 is 1.32 bits per heavy atom. The number of hydrogen-bond donors (Lipinski definition) is 1. The molecule has 28 heavy (non-hydrogen) atoms. The van der Waals surface area contributed by atoms with Gasteiger partial charge in [0.1, 0.15) is 0 Å². The topological polar surface area (TPSA) is 101 Å². The van der Waals surface area contributed by atoms with E-state index in [1.54, 1.807) is 24.1 Å². The van der Waals surface area contributed by atoms with E-state index < -0.39 is 11.7 Å². The number of aromatic nitrogens is 2. The Bertz CT molecular complexity index is 899. The summed E-state index contributed by atoms with van der Waals surface area (Å²) in [5.74, 6) is -0.932. The highest BCUT2D eigenvalue weighted by Crippen LogP contribution is 2.27. The van der Waals surface area contributed by atoms with Gasteiger partial charge >= 0.3 is 0 Å². The van der Waals surface area contributed by atoms with Crippen LogP contribution in [0.1, 0.15) is 40.7 Å². The van der Waals surface area contributed by atoms with Gasteiger partial charge in [0.15, 0.2) is 0 Å². The van der Waals surface area contributed by atoms with Crippen molar-refractivity contribution in [2.45, 2.75) is 32.9 Å². The number of hydrogen-bond acceptors (Lipinski definition) is 6. The van der Waals surface area contributed by atoms with Crippen LogP contribution < -0.4 is 10.1 Å². The molecular weight excluding hydrogens is 360 g/mol. The van der Waals surface area contributed by atoms with Crippen LogP contribution in [0.5, 0.6) is 5.88 Å². The number of pyridine rings is 2. The van der Waals surface area contributed by atoms with E-state index in [0.29, 0.717) is 42.2 Å². The van der Waals surface area contributed by atoms with Crippen molar-refractivity contribution in [2.24, 2.45) is 0 Å². The van der Waals surface area contributed by atoms with Gasteiger partial charge in [-0.05, 0) is 18.2 Å². The fourth-order valence-electron chi connectivity index (χ4n) is 3.02. The van der Waals surface area contributed by atoms with E-state index in [1.165, 1.54) is 7.11 Å². The summed E-state index contributed by atoms with van der Waals surface area (Å²) in [4.78, 5) is 46.3. The molecule has 0 unspecified atom stereocenters. The van der Waals surface area contributed by atoms with Gasteiger partial charge in [-0.25, -0.2) is 4.98 Å². The Kier molecular flexibility index (Phi) is 5.98. The largest absolute Gasteiger partial charge is 0.481 e. The fraction of sp³-hybridized carbons (Fsp3) is 0.350. The molecule has 0 radical (unpaired) electrons. The van der Waals surface area contributed by atoms with Crippen molar-refractivity contribution in [3.8, 4) is 5.88 Å². The molecule has 0 aromatic carbocycles. The molecule has 0 bridgehead atoms. The second-order valence-corrected chi connectivity index (χ2v) is 6.41. The third-order valence-corrected chi connectivity index (χ3v) is 4.57. The van der Waals surface area contributed by atoms with Crippen LogP contribution in [0.3, 0.4) is 0 Å². The molecule has 1 aliphatic heterocycles. The van der Waals surface area contributed by atoms with Crippen molar-refractivity contribution >= 4 is 17.6 Å². The van der Waals surface area contributed by atoms with E-state index in [-0.39, 0.29) is 18.9 Å². The van der Waals surface area contributed by atoms with Gasteiger partial charge in [-0.1, -0.05) is 13.0 Å². The Labute approximate surface area is 162 Å². The quantitative estimate of drug-likeness (QED) is 0.690. The van der Waals surface area contributed by atoms with E-state index in [1.807, 2.05) is 18.2 Å². The molecule has 3 heterocycles. The van der Waals surface area contributed by atoms with Gasteiger partial charge in [-0.15, -0.1) is 0 Å². The summed E-state index contributed by atoms with van der Waals surface area (Å²) >= 11 is 0. The van der Waals surface area contributed by atoms with Crippen molar-refractivity contribution in [1.29, 1.82) is 0 Å². The summed E-state index contributed by atoms with van der Waals surface area (Å²) in [6.07, 6.45) is 2.51. The predicted molar refractivity (Wildman–Crippen MR) is 101 cm³/mol. The van der Waals surface area contributed by atoms with Crippen molar-refractivity contribution in [2.75, 3.05) is 13.7 Å². The summed E-state index contributed by atoms with van der Waals surface area (Å²) < 4.78 is 5.30. The van der Waals surface area contributed by atoms with E-state index in [9.17, 15) is 14.4 Å². The summed E-state index contributed by atoms with van der Waals surface area (Å²) in [5, 5.41) is 2.55. The minimum atomic E-state index is -0.659. The maximum absolute atomic E-state index is 12.7. The molecule has 2 aromatic heterocycles. The van der Waals surface area contributed by atoms with Gasteiger partial charge in [0.25, 0.3) is 11.8 Å². The van der Waals surface area contributed by atoms with Crippen LogP contribution in [0.2, 0.25) is 0 Å². The number of Topliss-reactive ketones (excluding diaryl/α,β-unsaturated/α-hetero) is 1. The highest BCUT2D eigenvalue weighted by molar-refractivity contribution is 6.36. The van der Waals surface area contributed by atoms with Gasteiger partial charge in [-0.2, -0.15) is 0 Å². The molecule has 146 valence electrons. The number of carbonyl (C=O) groups excluding carboxylic acids is 3. The molecule has 8 heteroatoms. The SMILES string of the molecule is CCC(=O)C(=O)NCc1cc2c(nc1OC)CN(CCc1ccccn1)C2=O. The average molecular weight is 382 g/mol. The summed E-state index contributed by atoms with van der Waals surface area (Å²) in [5.41, 5.74) is 2.61. The summed E-state index contributed by atoms with van der Waals surface area (Å²) in [6.45, 7) is 2.62. The third kappa shape index (κ3) is 4.16. The number of carbonyl (C=O) groups is 3. The molecule has 2 amide bonds. The van der Waals surface area contributed by atoms with E-state index >= 15 is 0 Å². The van der Waals surface area contributed by atoms with Crippen molar-refractivity contribution in [3.05, 3.63) is 53.0 Å². The van der Waals surface area contributed by atoms with E-state index in [4.69, 9.17) is 4.74 Å². The normalized spacial score (nSPS) is 12.6. The Morgan fingerprint density at radius 2 is 2.14 bits per heavy atom. The number of ketones is 1. The van der Waals surface area contributed by atoms with E-state index in [2.05, 4.69) is 15.3 Å². The van der Waals surface area contributed by atoms with Crippen LogP contribution >= 0.6 is 0 Å². The zero-order valence-electron chi connectivity index (χ0n) is 15.9. The predicted octanol–water partition coefficient (Wildman–Crippen LogP) is 1.28. The number of rotatable bonds is 8. The number of nitrogens with one attached hydrogen (secondary N) is 1. The average Bonchev–Trinajstić information content (AvgIpc) is 3.04. The van der Waals surface area contributed by atoms with Crippen LogP contribution in [-0.4, -0.2) is 46.1 Å². The van der Waals surface area contributed by atoms with Gasteiger partial charge < -0.3 is 15.0 Å². The molecule has 3 rings (SSSR count). The molecule has 0 aliphatic carbocycles. The molecule has 0 saturated carbocycles. The maximum atomic E-state index is 12.7. The third-order valence-electron chi connectivity index (χ3n) is 4.57. The number of amides is 2. The summed E-state index contributed by atoms with van der Waals surface area (Å²) in [6, 6.07) is 7.37. The maximum Gasteiger partial charge on any atom is 0.287 e. The first-order chi connectivity index (χ1) is 13.5. The van der Waals surface area contributed by atoms with Crippen molar-refractivity contribution < 1.29 is 19.1 Å². The summed E-state index contributed by atoms with van der Waals surface area (Å²) in [7, 11) is 1.48. The van der Waals surface area contributed by atoms with Crippen molar-refractivity contribution in [3.63, 3.8) is 0 Å². The second kappa shape index (κ2) is 8.60. The smallest absolute Gasteiger partial charge is 0.287 e. The molecule has 1 aliphatic rings. The minimum absolute atomic E-state index is 0.0647. The van der Waals surface area contributed by atoms with Crippen LogP contribution in [0.4, 0.5) is 0 Å². The lowest BCUT2D eigenvalue weighted by molar-refractivity contribution is -0.137. The molecule has 8 nitrogen and oxygen atoms in total. The molecule has 0 fully saturated rings. The highest BCUT2D eigenvalue weighted by Gasteiger charge is 2.30. The molecular formula is C20H22N4O4. The minimum Gasteiger partial charge on any atom is -0.481 e. The lowest BCUT2D eigenvalue weighted by atomic mass is 10.1. The Balaban J connectivity index is 1.71. The monoisotopic (exact) mass is 382 g/mol. The lowest BCUT2D eigenvalue weighted by Gasteiger charge is -2.14. The van der Waals surface area contributed by atoms with Gasteiger partial charge in [0.2, 0.25) is 11.7 Å². The lowest BCUT2D eigenvalue weighted by Crippen LogP contribution is -2.30. The van der Waals surface area contributed by atoms with Crippen molar-refractivity contribution in [1.82, 2.24) is 20.2 Å². The number of ether oxygens (including phenoxy) is 1. The van der Waals surface area contributed by atoms with Gasteiger partial charge in [0, 0.05) is 43.4 Å². The number of fused-ring (bicyclic) bond motifs is 1. The molecule has 0 spiro atoms. The highest BCUT2D eigenvalue weighted by atomic mass is 16.5. The second-order valence-electron chi connectivity index (χ2n) is 6.41. The molecule has 0 saturated heterocycles. The molecule has 0 atom stereocenters. The fourth-order valence-corrected chi connectivity index (χ4v) is 3.02. The van der Waals surface area contributed by atoms with E-state index in [0.717, 1.165) is 5.69 Å². The van der Waals surface area contributed by atoms with Crippen LogP contribution in [0.15, 0.2) is 30.5 Å². The first-order valence-electron chi connectivity index (χ1n) is 9.10. The van der Waals surface area contributed by atoms with Gasteiger partial charge in [0.05, 0.1) is 24.9 Å². The zero-order chi connectivity index (χ0) is 20.1. The number of nitrogens with zero attached hydrogens (tertiary/aromatic N) is 3. The van der Waals surface area contributed by atoms with Crippen LogP contribution in [0, 0.1) is 0 Å². The zero-order valence-corrected chi connectivity index (χ0v) is 15.9. The first kappa shape index (κ1) is 19.5. The standard InChI is InChI=1S/C20H22N4O4/c1-3-17(25)18(26)22-11-13-10-15-16(23-19(13)28-2)12-24(20(15)27)9-7-14-6-4-5-8-21-14/h4-6,8,10H,3,7,9,11-12H2,1-2H3,(H,22,26). The molecule has 1 N–H and O–H groups in total. The molecule has 2 aromatic rings. The number of methoxy groups -OCH3 is 1. The Hall–Kier alpha value is -3.29. The first-order valence-corrected chi connectivity index (χ1v) is 9.10.